The number of aliphatic imine (C=N–C) groups is 1. The van der Waals surface area contributed by atoms with Gasteiger partial charge in [-0.25, -0.2) is 9.98 Å². The van der Waals surface area contributed by atoms with Crippen molar-refractivity contribution in [3.05, 3.63) is 45.8 Å². The second-order valence-electron chi connectivity index (χ2n) is 5.66. The zero-order chi connectivity index (χ0) is 17.6. The van der Waals surface area contributed by atoms with Crippen LogP contribution in [0.4, 0.5) is 0 Å². The molecule has 0 spiro atoms. The van der Waals surface area contributed by atoms with Gasteiger partial charge in [0.25, 0.3) is 0 Å². The van der Waals surface area contributed by atoms with E-state index in [2.05, 4.69) is 44.7 Å². The fraction of sp³-hybridized carbons (Fsp3) is 0.412. The number of aromatic nitrogens is 4. The zero-order valence-electron chi connectivity index (χ0n) is 14.8. The number of guanidine groups is 1. The van der Waals surface area contributed by atoms with Gasteiger partial charge in [-0.3, -0.25) is 4.40 Å². The van der Waals surface area contributed by atoms with Gasteiger partial charge in [0.2, 0.25) is 0 Å². The van der Waals surface area contributed by atoms with E-state index in [-0.39, 0.29) is 0 Å². The van der Waals surface area contributed by atoms with Gasteiger partial charge >= 0.3 is 0 Å². The Hall–Kier alpha value is -2.48. The summed E-state index contributed by atoms with van der Waals surface area (Å²) in [5, 5.41) is 16.1. The summed E-state index contributed by atoms with van der Waals surface area (Å²) in [6.07, 6.45) is 2.89. The summed E-state index contributed by atoms with van der Waals surface area (Å²) in [6, 6.07) is 5.85. The number of fused-ring (bicyclic) bond motifs is 1. The lowest BCUT2D eigenvalue weighted by molar-refractivity contribution is 0.789. The van der Waals surface area contributed by atoms with Crippen molar-refractivity contribution >= 4 is 22.9 Å². The first-order chi connectivity index (χ1) is 12.2. The highest BCUT2D eigenvalue weighted by atomic mass is 32.1. The van der Waals surface area contributed by atoms with Crippen LogP contribution >= 0.6 is 11.3 Å². The molecule has 0 radical (unpaired) electrons. The van der Waals surface area contributed by atoms with Crippen LogP contribution < -0.4 is 10.6 Å². The number of nitrogens with one attached hydrogen (secondary N) is 2. The van der Waals surface area contributed by atoms with Crippen molar-refractivity contribution in [3.8, 4) is 0 Å². The third kappa shape index (κ3) is 4.33. The summed E-state index contributed by atoms with van der Waals surface area (Å²) < 4.78 is 1.95. The Morgan fingerprint density at radius 2 is 2.12 bits per heavy atom. The van der Waals surface area contributed by atoms with Gasteiger partial charge in [-0.15, -0.1) is 21.5 Å². The summed E-state index contributed by atoms with van der Waals surface area (Å²) in [4.78, 5) is 10.4. The lowest BCUT2D eigenvalue weighted by Gasteiger charge is -2.10. The summed E-state index contributed by atoms with van der Waals surface area (Å²) in [7, 11) is 0. The van der Waals surface area contributed by atoms with Crippen LogP contribution in [0.25, 0.3) is 5.65 Å². The topological polar surface area (TPSA) is 79.5 Å². The Bertz CT molecular complexity index is 865. The van der Waals surface area contributed by atoms with Gasteiger partial charge in [0.15, 0.2) is 17.4 Å². The van der Waals surface area contributed by atoms with Gasteiger partial charge in [0.05, 0.1) is 10.7 Å². The fourth-order valence-electron chi connectivity index (χ4n) is 2.59. The van der Waals surface area contributed by atoms with Gasteiger partial charge in [-0.1, -0.05) is 6.07 Å². The van der Waals surface area contributed by atoms with Crippen LogP contribution in [0.15, 0.2) is 29.4 Å². The molecule has 0 saturated heterocycles. The minimum atomic E-state index is 0.471. The first kappa shape index (κ1) is 17.3. The van der Waals surface area contributed by atoms with Crippen LogP contribution in [0.3, 0.4) is 0 Å². The summed E-state index contributed by atoms with van der Waals surface area (Å²) in [5.74, 6) is 1.61. The molecule has 3 rings (SSSR count). The molecular formula is C17H23N7S. The molecule has 0 aliphatic carbocycles. The van der Waals surface area contributed by atoms with Crippen molar-refractivity contribution in [2.75, 3.05) is 13.1 Å². The van der Waals surface area contributed by atoms with Gasteiger partial charge in [0, 0.05) is 30.6 Å². The maximum absolute atomic E-state index is 4.62. The number of hydrogen-bond acceptors (Lipinski definition) is 5. The number of aryl methyl sites for hydroxylation is 2. The Kier molecular flexibility index (Phi) is 5.60. The van der Waals surface area contributed by atoms with Crippen molar-refractivity contribution in [2.24, 2.45) is 4.99 Å². The molecule has 3 aromatic heterocycles. The average Bonchev–Trinajstić information content (AvgIpc) is 3.15. The highest BCUT2D eigenvalue weighted by Gasteiger charge is 2.06. The Labute approximate surface area is 151 Å². The van der Waals surface area contributed by atoms with Crippen LogP contribution in [0, 0.1) is 13.8 Å². The van der Waals surface area contributed by atoms with Crippen molar-refractivity contribution in [1.29, 1.82) is 0 Å². The molecule has 0 aliphatic rings. The largest absolute Gasteiger partial charge is 0.357 e. The molecule has 2 N–H and O–H groups in total. The first-order valence-electron chi connectivity index (χ1n) is 8.41. The predicted molar refractivity (Wildman–Crippen MR) is 101 cm³/mol. The van der Waals surface area contributed by atoms with E-state index in [4.69, 9.17) is 0 Å². The molecule has 132 valence electrons. The normalized spacial score (nSPS) is 11.9. The highest BCUT2D eigenvalue weighted by Crippen LogP contribution is 2.17. The molecule has 8 heteroatoms. The maximum Gasteiger partial charge on any atom is 0.191 e. The smallest absolute Gasteiger partial charge is 0.191 e. The molecule has 0 aromatic carbocycles. The summed E-state index contributed by atoms with van der Waals surface area (Å²) >= 11 is 1.76. The summed E-state index contributed by atoms with van der Waals surface area (Å²) in [5.41, 5.74) is 1.96. The van der Waals surface area contributed by atoms with E-state index in [1.165, 1.54) is 4.88 Å². The van der Waals surface area contributed by atoms with Crippen LogP contribution in [0.2, 0.25) is 0 Å². The van der Waals surface area contributed by atoms with E-state index in [9.17, 15) is 0 Å². The third-order valence-corrected chi connectivity index (χ3v) is 4.88. The van der Waals surface area contributed by atoms with Crippen LogP contribution in [0.5, 0.6) is 0 Å². The zero-order valence-corrected chi connectivity index (χ0v) is 15.6. The van der Waals surface area contributed by atoms with Crippen molar-refractivity contribution in [1.82, 2.24) is 30.2 Å². The molecule has 0 atom stereocenters. The molecule has 3 aromatic rings. The first-order valence-corrected chi connectivity index (χ1v) is 9.22. The maximum atomic E-state index is 4.62. The second-order valence-corrected chi connectivity index (χ2v) is 6.95. The Balaban J connectivity index is 1.62. The van der Waals surface area contributed by atoms with Crippen molar-refractivity contribution in [2.45, 2.75) is 33.7 Å². The highest BCUT2D eigenvalue weighted by molar-refractivity contribution is 7.11. The van der Waals surface area contributed by atoms with Gasteiger partial charge < -0.3 is 10.6 Å². The molecule has 0 bridgehead atoms. The van der Waals surface area contributed by atoms with E-state index in [1.54, 1.807) is 11.3 Å². The van der Waals surface area contributed by atoms with E-state index in [0.717, 1.165) is 47.6 Å². The van der Waals surface area contributed by atoms with E-state index >= 15 is 0 Å². The monoisotopic (exact) mass is 357 g/mol. The quantitative estimate of drug-likeness (QED) is 0.522. The SMILES string of the molecule is CCNC(=NCc1nnc2ccccn12)NCCc1sc(C)nc1C. The average molecular weight is 357 g/mol. The van der Waals surface area contributed by atoms with E-state index in [0.29, 0.717) is 6.54 Å². The van der Waals surface area contributed by atoms with Crippen molar-refractivity contribution < 1.29 is 0 Å². The summed E-state index contributed by atoms with van der Waals surface area (Å²) in [6.45, 7) is 8.26. The third-order valence-electron chi connectivity index (χ3n) is 3.75. The standard InChI is InChI=1S/C17H23N7S/c1-4-18-17(19-9-8-14-12(2)21-13(3)25-14)20-11-16-23-22-15-7-5-6-10-24(15)16/h5-7,10H,4,8-9,11H2,1-3H3,(H2,18,19,20). The van der Waals surface area contributed by atoms with Gasteiger partial charge in [-0.2, -0.15) is 0 Å². The lowest BCUT2D eigenvalue weighted by Crippen LogP contribution is -2.38. The number of pyridine rings is 1. The predicted octanol–water partition coefficient (Wildman–Crippen LogP) is 2.10. The molecule has 0 saturated carbocycles. The van der Waals surface area contributed by atoms with Crippen molar-refractivity contribution in [3.63, 3.8) is 0 Å². The number of rotatable bonds is 6. The van der Waals surface area contributed by atoms with Crippen LogP contribution in [0.1, 0.15) is 28.3 Å². The lowest BCUT2D eigenvalue weighted by atomic mass is 10.3. The molecule has 0 unspecified atom stereocenters. The van der Waals surface area contributed by atoms with Crippen LogP contribution in [-0.2, 0) is 13.0 Å². The second kappa shape index (κ2) is 8.06. The van der Waals surface area contributed by atoms with E-state index < -0.39 is 0 Å². The molecule has 0 aliphatic heterocycles. The number of thiazole rings is 1. The van der Waals surface area contributed by atoms with E-state index in [1.807, 2.05) is 35.7 Å². The molecular weight excluding hydrogens is 334 g/mol. The fourth-order valence-corrected chi connectivity index (χ4v) is 3.53. The van der Waals surface area contributed by atoms with Gasteiger partial charge in [0.1, 0.15) is 6.54 Å². The Morgan fingerprint density at radius 1 is 1.24 bits per heavy atom. The van der Waals surface area contributed by atoms with Crippen LogP contribution in [-0.4, -0.2) is 38.6 Å². The Morgan fingerprint density at radius 3 is 2.88 bits per heavy atom. The minimum absolute atomic E-state index is 0.471. The molecule has 3 heterocycles. The minimum Gasteiger partial charge on any atom is -0.357 e. The van der Waals surface area contributed by atoms with Gasteiger partial charge in [-0.05, 0) is 32.9 Å². The molecule has 0 amide bonds. The molecule has 25 heavy (non-hydrogen) atoms. The number of hydrogen-bond donors (Lipinski definition) is 2. The number of nitrogens with zero attached hydrogens (tertiary/aromatic N) is 5. The molecule has 7 nitrogen and oxygen atoms in total. The molecule has 0 fully saturated rings.